The van der Waals surface area contributed by atoms with Gasteiger partial charge >= 0.3 is 0 Å². The molecule has 2 aromatic heterocycles. The molecule has 1 fully saturated rings. The zero-order chi connectivity index (χ0) is 19.2. The lowest BCUT2D eigenvalue weighted by atomic mass is 9.94. The Balaban J connectivity index is 1.49. The first-order valence-corrected chi connectivity index (χ1v) is 10.1. The summed E-state index contributed by atoms with van der Waals surface area (Å²) in [6.45, 7) is 0.236. The van der Waals surface area contributed by atoms with Gasteiger partial charge in [0.25, 0.3) is 5.91 Å². The van der Waals surface area contributed by atoms with Gasteiger partial charge in [-0.25, -0.2) is 0 Å². The predicted molar refractivity (Wildman–Crippen MR) is 101 cm³/mol. The highest BCUT2D eigenvalue weighted by Crippen LogP contribution is 2.23. The highest BCUT2D eigenvalue weighted by atomic mass is 32.2. The molecule has 0 spiro atoms. The van der Waals surface area contributed by atoms with E-state index in [0.717, 1.165) is 12.8 Å². The van der Waals surface area contributed by atoms with Crippen LogP contribution in [-0.2, 0) is 18.4 Å². The first-order chi connectivity index (χ1) is 13.1. The van der Waals surface area contributed by atoms with Crippen molar-refractivity contribution in [2.75, 3.05) is 12.8 Å². The van der Waals surface area contributed by atoms with Crippen LogP contribution in [0.25, 0.3) is 0 Å². The van der Waals surface area contributed by atoms with Gasteiger partial charge in [-0.15, -0.1) is 10.2 Å². The third-order valence-corrected chi connectivity index (χ3v) is 5.92. The SMILES string of the molecule is CN(C(=O)CSc1nnc(CNC(=O)c2ccco2)n1C)C1CCCCC1. The molecule has 0 atom stereocenters. The number of thioether (sulfide) groups is 1. The average molecular weight is 391 g/mol. The summed E-state index contributed by atoms with van der Waals surface area (Å²) in [5, 5.41) is 11.6. The van der Waals surface area contributed by atoms with Crippen molar-refractivity contribution in [2.45, 2.75) is 49.8 Å². The quantitative estimate of drug-likeness (QED) is 0.728. The highest BCUT2D eigenvalue weighted by molar-refractivity contribution is 7.99. The summed E-state index contributed by atoms with van der Waals surface area (Å²) >= 11 is 1.37. The molecule has 27 heavy (non-hydrogen) atoms. The summed E-state index contributed by atoms with van der Waals surface area (Å²) in [7, 11) is 3.72. The van der Waals surface area contributed by atoms with Gasteiger partial charge < -0.3 is 19.2 Å². The summed E-state index contributed by atoms with van der Waals surface area (Å²) in [6.07, 6.45) is 7.31. The third-order valence-electron chi connectivity index (χ3n) is 4.92. The Hall–Kier alpha value is -2.29. The maximum atomic E-state index is 12.5. The molecule has 0 unspecified atom stereocenters. The average Bonchev–Trinajstić information content (AvgIpc) is 3.35. The van der Waals surface area contributed by atoms with Crippen LogP contribution in [-0.4, -0.2) is 50.3 Å². The lowest BCUT2D eigenvalue weighted by Crippen LogP contribution is -2.39. The second-order valence-corrected chi connectivity index (χ2v) is 7.65. The molecule has 2 aromatic rings. The maximum Gasteiger partial charge on any atom is 0.287 e. The Morgan fingerprint density at radius 2 is 2.11 bits per heavy atom. The number of carbonyl (C=O) groups excluding carboxylic acids is 2. The van der Waals surface area contributed by atoms with E-state index in [2.05, 4.69) is 15.5 Å². The fraction of sp³-hybridized carbons (Fsp3) is 0.556. The number of nitrogens with one attached hydrogen (secondary N) is 1. The largest absolute Gasteiger partial charge is 0.459 e. The van der Waals surface area contributed by atoms with Crippen molar-refractivity contribution in [1.82, 2.24) is 25.0 Å². The van der Waals surface area contributed by atoms with Crippen LogP contribution in [0.1, 0.15) is 48.5 Å². The minimum Gasteiger partial charge on any atom is -0.459 e. The highest BCUT2D eigenvalue weighted by Gasteiger charge is 2.22. The van der Waals surface area contributed by atoms with E-state index in [0.29, 0.717) is 22.8 Å². The fourth-order valence-corrected chi connectivity index (χ4v) is 4.03. The molecule has 0 radical (unpaired) electrons. The Morgan fingerprint density at radius 3 is 2.81 bits per heavy atom. The van der Waals surface area contributed by atoms with Crippen molar-refractivity contribution in [3.05, 3.63) is 30.0 Å². The first-order valence-electron chi connectivity index (χ1n) is 9.14. The summed E-state index contributed by atoms with van der Waals surface area (Å²) < 4.78 is 6.85. The van der Waals surface area contributed by atoms with Crippen molar-refractivity contribution in [1.29, 1.82) is 0 Å². The Morgan fingerprint density at radius 1 is 1.33 bits per heavy atom. The number of rotatable bonds is 7. The fourth-order valence-electron chi connectivity index (χ4n) is 3.18. The number of nitrogens with zero attached hydrogens (tertiary/aromatic N) is 4. The maximum absolute atomic E-state index is 12.5. The Labute approximate surface area is 162 Å². The Bertz CT molecular complexity index is 768. The number of furan rings is 1. The number of amides is 2. The van der Waals surface area contributed by atoms with Crippen LogP contribution >= 0.6 is 11.8 Å². The molecule has 1 aliphatic rings. The van der Waals surface area contributed by atoms with Crippen molar-refractivity contribution in [2.24, 2.45) is 7.05 Å². The van der Waals surface area contributed by atoms with Crippen LogP contribution in [0.2, 0.25) is 0 Å². The standard InChI is InChI=1S/C18H25N5O3S/c1-22(13-7-4-3-5-8-13)16(24)12-27-18-21-20-15(23(18)2)11-19-17(25)14-9-6-10-26-14/h6,9-10,13H,3-5,7-8,11-12H2,1-2H3,(H,19,25). The van der Waals surface area contributed by atoms with Crippen molar-refractivity contribution in [3.8, 4) is 0 Å². The smallest absolute Gasteiger partial charge is 0.287 e. The van der Waals surface area contributed by atoms with E-state index in [4.69, 9.17) is 4.42 Å². The summed E-state index contributed by atoms with van der Waals surface area (Å²) in [6, 6.07) is 3.62. The monoisotopic (exact) mass is 391 g/mol. The van der Waals surface area contributed by atoms with Gasteiger partial charge in [0, 0.05) is 20.1 Å². The minimum absolute atomic E-state index is 0.113. The Kier molecular flexibility index (Phi) is 6.54. The predicted octanol–water partition coefficient (Wildman–Crippen LogP) is 2.22. The van der Waals surface area contributed by atoms with Crippen LogP contribution in [0.5, 0.6) is 0 Å². The van der Waals surface area contributed by atoms with Gasteiger partial charge in [0.15, 0.2) is 16.7 Å². The lowest BCUT2D eigenvalue weighted by Gasteiger charge is -2.31. The van der Waals surface area contributed by atoms with Gasteiger partial charge in [0.05, 0.1) is 18.6 Å². The van der Waals surface area contributed by atoms with E-state index in [1.165, 1.54) is 37.3 Å². The second kappa shape index (κ2) is 9.07. The number of carbonyl (C=O) groups is 2. The van der Waals surface area contributed by atoms with Crippen molar-refractivity contribution < 1.29 is 14.0 Å². The van der Waals surface area contributed by atoms with Gasteiger partial charge in [0.1, 0.15) is 0 Å². The van der Waals surface area contributed by atoms with Gasteiger partial charge in [-0.05, 0) is 25.0 Å². The summed E-state index contributed by atoms with van der Waals surface area (Å²) in [4.78, 5) is 26.3. The van der Waals surface area contributed by atoms with Crippen molar-refractivity contribution >= 4 is 23.6 Å². The summed E-state index contributed by atoms with van der Waals surface area (Å²) in [5.41, 5.74) is 0. The van der Waals surface area contributed by atoms with Gasteiger partial charge in [0.2, 0.25) is 5.91 Å². The molecule has 1 aliphatic carbocycles. The zero-order valence-electron chi connectivity index (χ0n) is 15.7. The van der Waals surface area contributed by atoms with E-state index >= 15 is 0 Å². The number of hydrogen-bond acceptors (Lipinski definition) is 6. The molecule has 3 rings (SSSR count). The molecule has 146 valence electrons. The molecule has 0 saturated heterocycles. The molecular weight excluding hydrogens is 366 g/mol. The van der Waals surface area contributed by atoms with Crippen LogP contribution in [0, 0.1) is 0 Å². The molecule has 9 heteroatoms. The topological polar surface area (TPSA) is 93.3 Å². The van der Waals surface area contributed by atoms with E-state index in [9.17, 15) is 9.59 Å². The van der Waals surface area contributed by atoms with E-state index < -0.39 is 0 Å². The van der Waals surface area contributed by atoms with Gasteiger partial charge in [-0.3, -0.25) is 9.59 Å². The third kappa shape index (κ3) is 4.91. The first kappa shape index (κ1) is 19.5. The van der Waals surface area contributed by atoms with Crippen LogP contribution in [0.4, 0.5) is 0 Å². The molecule has 0 aliphatic heterocycles. The summed E-state index contributed by atoms with van der Waals surface area (Å²) in [5.74, 6) is 1.01. The molecule has 2 heterocycles. The van der Waals surface area contributed by atoms with Crippen molar-refractivity contribution in [3.63, 3.8) is 0 Å². The molecule has 8 nitrogen and oxygen atoms in total. The molecule has 0 bridgehead atoms. The number of hydrogen-bond donors (Lipinski definition) is 1. The zero-order valence-corrected chi connectivity index (χ0v) is 16.5. The van der Waals surface area contributed by atoms with E-state index in [1.54, 1.807) is 16.7 Å². The van der Waals surface area contributed by atoms with Gasteiger partial charge in [-0.1, -0.05) is 31.0 Å². The minimum atomic E-state index is -0.304. The lowest BCUT2D eigenvalue weighted by molar-refractivity contribution is -0.129. The molecule has 0 aromatic carbocycles. The van der Waals surface area contributed by atoms with E-state index in [1.807, 2.05) is 19.0 Å². The second-order valence-electron chi connectivity index (χ2n) is 6.70. The van der Waals surface area contributed by atoms with Crippen LogP contribution in [0.3, 0.4) is 0 Å². The van der Waals surface area contributed by atoms with E-state index in [-0.39, 0.29) is 24.1 Å². The van der Waals surface area contributed by atoms with Gasteiger partial charge in [-0.2, -0.15) is 0 Å². The van der Waals surface area contributed by atoms with Crippen LogP contribution in [0.15, 0.2) is 28.0 Å². The molecule has 1 N–H and O–H groups in total. The molecular formula is C18H25N5O3S. The van der Waals surface area contributed by atoms with Crippen LogP contribution < -0.4 is 5.32 Å². The molecule has 1 saturated carbocycles. The molecule has 2 amide bonds. The number of aromatic nitrogens is 3. The normalized spacial score (nSPS) is 14.9.